The van der Waals surface area contributed by atoms with Crippen molar-refractivity contribution in [3.8, 4) is 12.8 Å². The monoisotopic (exact) mass is 370 g/mol. The van der Waals surface area contributed by atoms with E-state index in [4.69, 9.17) is 4.18 Å². The zero-order valence-corrected chi connectivity index (χ0v) is 19.4. The van der Waals surface area contributed by atoms with Gasteiger partial charge in [0.25, 0.3) is 0 Å². The zero-order chi connectivity index (χ0) is 20.6. The largest absolute Gasteiger partial charge is 0.340 e. The van der Waals surface area contributed by atoms with Crippen LogP contribution in [0.2, 0.25) is 0 Å². The second-order valence-corrected chi connectivity index (χ2v) is 8.59. The molecule has 0 aliphatic carbocycles. The molecule has 0 fully saturated rings. The Morgan fingerprint density at radius 3 is 1.44 bits per heavy atom. The fourth-order valence-electron chi connectivity index (χ4n) is 1.99. The van der Waals surface area contributed by atoms with Crippen LogP contribution in [0.5, 0.6) is 0 Å². The summed E-state index contributed by atoms with van der Waals surface area (Å²) in [6.07, 6.45) is 11.8. The van der Waals surface area contributed by atoms with Crippen LogP contribution in [0.3, 0.4) is 0 Å². The first-order chi connectivity index (χ1) is 12.2. The van der Waals surface area contributed by atoms with Crippen LogP contribution in [0.4, 0.5) is 0 Å². The minimum Gasteiger partial charge on any atom is -0.340 e. The van der Waals surface area contributed by atoms with E-state index >= 15 is 0 Å². The summed E-state index contributed by atoms with van der Waals surface area (Å²) in [5.74, 6) is 3.61. The average molecular weight is 371 g/mol. The quantitative estimate of drug-likeness (QED) is 0.446. The molecule has 0 radical (unpaired) electrons. The molecule has 1 aromatic carbocycles. The Balaban J connectivity index is -0.000000136. The first-order valence-electron chi connectivity index (χ1n) is 9.87. The van der Waals surface area contributed by atoms with Crippen LogP contribution in [0.15, 0.2) is 30.3 Å². The summed E-state index contributed by atoms with van der Waals surface area (Å²) in [5.41, 5.74) is 1.46. The Hall–Kier alpha value is -0.910. The predicted octanol–water partition coefficient (Wildman–Crippen LogP) is 7.74. The third-order valence-corrected chi connectivity index (χ3v) is 7.46. The normalized spacial score (nSPS) is 9.40. The Kier molecular flexibility index (Phi) is 35.5. The van der Waals surface area contributed by atoms with Gasteiger partial charge in [0.05, 0.1) is 0 Å². The molecular weight excluding hydrogens is 324 g/mol. The summed E-state index contributed by atoms with van der Waals surface area (Å²) in [4.78, 5) is 0. The molecule has 0 aliphatic rings. The maximum absolute atomic E-state index is 5.47. The van der Waals surface area contributed by atoms with E-state index in [-0.39, 0.29) is 0 Å². The van der Waals surface area contributed by atoms with Crippen molar-refractivity contribution in [3.05, 3.63) is 35.9 Å². The number of unbranched alkanes of at least 4 members (excludes halogenated alkanes) is 1. The lowest BCUT2D eigenvalue weighted by molar-refractivity contribution is 0.465. The van der Waals surface area contributed by atoms with E-state index in [9.17, 15) is 0 Å². The predicted molar refractivity (Wildman–Crippen MR) is 124 cm³/mol. The molecule has 150 valence electrons. The van der Waals surface area contributed by atoms with Crippen LogP contribution >= 0.6 is 10.3 Å². The molecule has 0 heterocycles. The van der Waals surface area contributed by atoms with Gasteiger partial charge >= 0.3 is 0 Å². The van der Waals surface area contributed by atoms with Crippen molar-refractivity contribution in [2.45, 2.75) is 74.7 Å². The van der Waals surface area contributed by atoms with Gasteiger partial charge < -0.3 is 4.18 Å². The van der Waals surface area contributed by atoms with Gasteiger partial charge in [-0.2, -0.15) is 0 Å². The van der Waals surface area contributed by atoms with Gasteiger partial charge in [0.1, 0.15) is 0 Å². The second kappa shape index (κ2) is 27.9. The van der Waals surface area contributed by atoms with Crippen molar-refractivity contribution in [2.75, 3.05) is 24.4 Å². The average Bonchev–Trinajstić information content (AvgIpc) is 2.74. The highest BCUT2D eigenvalue weighted by Crippen LogP contribution is 2.46. The van der Waals surface area contributed by atoms with Crippen molar-refractivity contribution in [1.82, 2.24) is 0 Å². The summed E-state index contributed by atoms with van der Waals surface area (Å²) >= 11 is 0. The lowest BCUT2D eigenvalue weighted by Gasteiger charge is -2.34. The Morgan fingerprint density at radius 2 is 1.20 bits per heavy atom. The number of benzene rings is 1. The van der Waals surface area contributed by atoms with Crippen molar-refractivity contribution < 1.29 is 4.18 Å². The van der Waals surface area contributed by atoms with Crippen LogP contribution in [-0.4, -0.2) is 24.4 Å². The Labute approximate surface area is 162 Å². The van der Waals surface area contributed by atoms with E-state index in [1.165, 1.54) is 42.1 Å². The molecular formula is C23H46OS. The molecule has 0 bridgehead atoms. The SMILES string of the molecule is C#C.CC.CC.CCCCc1ccccc1.CCS(CC)(CC)OC. The highest BCUT2D eigenvalue weighted by atomic mass is 32.3. The molecule has 1 aromatic rings. The van der Waals surface area contributed by atoms with Crippen molar-refractivity contribution in [3.63, 3.8) is 0 Å². The molecule has 0 aromatic heterocycles. The van der Waals surface area contributed by atoms with E-state index < -0.39 is 10.3 Å². The van der Waals surface area contributed by atoms with Crippen LogP contribution < -0.4 is 0 Å². The first-order valence-corrected chi connectivity index (χ1v) is 11.9. The van der Waals surface area contributed by atoms with E-state index in [0.29, 0.717) is 0 Å². The maximum Gasteiger partial charge on any atom is 0.0482 e. The smallest absolute Gasteiger partial charge is 0.0482 e. The molecule has 0 N–H and O–H groups in total. The Morgan fingerprint density at radius 1 is 0.800 bits per heavy atom. The molecule has 0 aliphatic heterocycles. The van der Waals surface area contributed by atoms with Crippen molar-refractivity contribution >= 4 is 10.3 Å². The molecule has 0 unspecified atom stereocenters. The summed E-state index contributed by atoms with van der Waals surface area (Å²) in [6, 6.07) is 10.6. The Bertz CT molecular complexity index is 311. The lowest BCUT2D eigenvalue weighted by atomic mass is 10.1. The molecule has 2 heteroatoms. The van der Waals surface area contributed by atoms with Gasteiger partial charge in [0.2, 0.25) is 0 Å². The minimum atomic E-state index is -0.648. The summed E-state index contributed by atoms with van der Waals surface area (Å²) in [7, 11) is 1.19. The number of terminal acetylenes is 1. The highest BCUT2D eigenvalue weighted by molar-refractivity contribution is 8.29. The van der Waals surface area contributed by atoms with E-state index in [1.54, 1.807) is 0 Å². The number of hydrogen-bond acceptors (Lipinski definition) is 1. The molecule has 1 rings (SSSR count). The third-order valence-electron chi connectivity index (χ3n) is 3.59. The molecule has 0 saturated heterocycles. The van der Waals surface area contributed by atoms with Gasteiger partial charge in [0, 0.05) is 7.11 Å². The van der Waals surface area contributed by atoms with Gasteiger partial charge in [-0.05, 0) is 35.7 Å². The molecule has 1 nitrogen and oxygen atoms in total. The van der Waals surface area contributed by atoms with Gasteiger partial charge in [-0.15, -0.1) is 23.2 Å². The lowest BCUT2D eigenvalue weighted by Crippen LogP contribution is -2.09. The molecule has 0 saturated carbocycles. The topological polar surface area (TPSA) is 9.23 Å². The van der Waals surface area contributed by atoms with Crippen molar-refractivity contribution in [2.24, 2.45) is 0 Å². The van der Waals surface area contributed by atoms with E-state index in [1.807, 2.05) is 34.8 Å². The summed E-state index contributed by atoms with van der Waals surface area (Å²) < 4.78 is 5.47. The van der Waals surface area contributed by atoms with E-state index in [2.05, 4.69) is 70.9 Å². The van der Waals surface area contributed by atoms with Crippen molar-refractivity contribution in [1.29, 1.82) is 0 Å². The number of hydrogen-bond donors (Lipinski definition) is 0. The fraction of sp³-hybridized carbons (Fsp3) is 0.652. The molecule has 0 spiro atoms. The van der Waals surface area contributed by atoms with Crippen LogP contribution in [0, 0.1) is 12.8 Å². The van der Waals surface area contributed by atoms with E-state index in [0.717, 1.165) is 0 Å². The first kappa shape index (κ1) is 31.8. The molecule has 0 atom stereocenters. The summed E-state index contributed by atoms with van der Waals surface area (Å²) in [6.45, 7) is 16.9. The number of aryl methyl sites for hydroxylation is 1. The van der Waals surface area contributed by atoms with Crippen LogP contribution in [-0.2, 0) is 10.6 Å². The van der Waals surface area contributed by atoms with Gasteiger partial charge in [-0.3, -0.25) is 0 Å². The standard InChI is InChI=1S/C10H14.C7H18OS.2C2H6.C2H2/c1-2-3-7-10-8-5-4-6-9-10;1-5-9(6-2,7-3)8-4;3*1-2/h4-6,8-9H,2-3,7H2,1H3;5-7H2,1-4H3;2*1-2H3;1-2H. The maximum atomic E-state index is 5.47. The highest BCUT2D eigenvalue weighted by Gasteiger charge is 2.14. The zero-order valence-electron chi connectivity index (χ0n) is 18.6. The van der Waals surface area contributed by atoms with Crippen LogP contribution in [0.25, 0.3) is 0 Å². The second-order valence-electron chi connectivity index (χ2n) is 4.59. The minimum absolute atomic E-state index is 0.648. The van der Waals surface area contributed by atoms with Crippen LogP contribution in [0.1, 0.15) is 73.8 Å². The van der Waals surface area contributed by atoms with Gasteiger partial charge in [0.15, 0.2) is 0 Å². The summed E-state index contributed by atoms with van der Waals surface area (Å²) in [5, 5.41) is 0. The fourth-order valence-corrected chi connectivity index (χ4v) is 3.92. The molecule has 0 amide bonds. The van der Waals surface area contributed by atoms with Gasteiger partial charge in [-0.25, -0.2) is 0 Å². The molecule has 25 heavy (non-hydrogen) atoms. The van der Waals surface area contributed by atoms with Gasteiger partial charge in [-0.1, -0.05) is 92.1 Å². The third kappa shape index (κ3) is 19.3. The number of rotatable bonds is 7.